The first-order chi connectivity index (χ1) is 9.75. The molecule has 0 aromatic carbocycles. The number of nitrogens with one attached hydrogen (secondary N) is 1. The number of aromatic nitrogens is 3. The molecule has 0 fully saturated rings. The molecule has 0 amide bonds. The number of carboxylic acids is 1. The number of hydrogen-bond acceptors (Lipinski definition) is 4. The molecule has 0 radical (unpaired) electrons. The molecule has 0 aliphatic rings. The molecule has 0 aliphatic heterocycles. The largest absolute Gasteiger partial charge is 0.475 e. The lowest BCUT2D eigenvalue weighted by molar-refractivity contribution is 0.0682. The van der Waals surface area contributed by atoms with E-state index in [0.717, 1.165) is 11.2 Å². The van der Waals surface area contributed by atoms with Crippen LogP contribution in [-0.2, 0) is 6.54 Å². The number of fused-ring (bicyclic) bond motifs is 1. The molecule has 100 valence electrons. The number of carboxylic acid groups (broad SMARTS) is 1. The standard InChI is InChI=1S/C14H12N4O2/c19-14(20)13-17-11(12-3-1-2-8-18(12)13)9-16-10-4-6-15-7-5-10/h1-8H,9H2,(H,15,16)(H,19,20). The maximum atomic E-state index is 11.2. The lowest BCUT2D eigenvalue weighted by Gasteiger charge is -2.03. The van der Waals surface area contributed by atoms with Crippen LogP contribution in [0.3, 0.4) is 0 Å². The molecular formula is C14H12N4O2. The SMILES string of the molecule is O=C(O)c1nc(CNc2ccncc2)c2ccccn12. The third-order valence-corrected chi connectivity index (χ3v) is 2.96. The Hall–Kier alpha value is -2.89. The van der Waals surface area contributed by atoms with E-state index in [-0.39, 0.29) is 5.82 Å². The molecule has 3 aromatic rings. The van der Waals surface area contributed by atoms with Gasteiger partial charge in [-0.1, -0.05) is 6.07 Å². The predicted octanol–water partition coefficient (Wildman–Crippen LogP) is 2.04. The predicted molar refractivity (Wildman–Crippen MR) is 73.7 cm³/mol. The van der Waals surface area contributed by atoms with Crippen LogP contribution in [0.25, 0.3) is 5.52 Å². The Balaban J connectivity index is 1.94. The molecule has 20 heavy (non-hydrogen) atoms. The number of aromatic carboxylic acids is 1. The van der Waals surface area contributed by atoms with Gasteiger partial charge in [-0.25, -0.2) is 9.78 Å². The zero-order chi connectivity index (χ0) is 13.9. The molecule has 0 spiro atoms. The van der Waals surface area contributed by atoms with E-state index in [1.165, 1.54) is 0 Å². The zero-order valence-electron chi connectivity index (χ0n) is 10.5. The normalized spacial score (nSPS) is 10.6. The van der Waals surface area contributed by atoms with Crippen molar-refractivity contribution in [1.29, 1.82) is 0 Å². The van der Waals surface area contributed by atoms with E-state index in [0.29, 0.717) is 12.2 Å². The minimum atomic E-state index is -1.04. The molecule has 3 heterocycles. The number of nitrogens with zero attached hydrogens (tertiary/aromatic N) is 3. The molecule has 0 saturated heterocycles. The fourth-order valence-corrected chi connectivity index (χ4v) is 2.04. The van der Waals surface area contributed by atoms with E-state index in [1.54, 1.807) is 29.1 Å². The van der Waals surface area contributed by atoms with Crippen molar-refractivity contribution >= 4 is 17.2 Å². The van der Waals surface area contributed by atoms with Crippen molar-refractivity contribution in [3.05, 3.63) is 60.4 Å². The Bertz CT molecular complexity index is 752. The van der Waals surface area contributed by atoms with Gasteiger partial charge in [0.25, 0.3) is 0 Å². The van der Waals surface area contributed by atoms with Crippen molar-refractivity contribution in [2.75, 3.05) is 5.32 Å². The van der Waals surface area contributed by atoms with E-state index in [1.807, 2.05) is 24.3 Å². The Morgan fingerprint density at radius 1 is 1.25 bits per heavy atom. The summed E-state index contributed by atoms with van der Waals surface area (Å²) in [5.74, 6) is -1.02. The summed E-state index contributed by atoms with van der Waals surface area (Å²) in [7, 11) is 0. The Labute approximate surface area is 114 Å². The first kappa shape index (κ1) is 12.2. The minimum Gasteiger partial charge on any atom is -0.475 e. The molecule has 0 aliphatic carbocycles. The van der Waals surface area contributed by atoms with Gasteiger partial charge in [0.05, 0.1) is 17.8 Å². The van der Waals surface area contributed by atoms with Crippen molar-refractivity contribution in [3.63, 3.8) is 0 Å². The second-order valence-corrected chi connectivity index (χ2v) is 4.23. The number of pyridine rings is 2. The first-order valence-electron chi connectivity index (χ1n) is 6.09. The molecule has 0 bridgehead atoms. The lowest BCUT2D eigenvalue weighted by Crippen LogP contribution is -2.03. The van der Waals surface area contributed by atoms with Gasteiger partial charge in [-0.3, -0.25) is 9.38 Å². The van der Waals surface area contributed by atoms with Crippen LogP contribution in [0.2, 0.25) is 0 Å². The monoisotopic (exact) mass is 268 g/mol. The highest BCUT2D eigenvalue weighted by Gasteiger charge is 2.15. The Morgan fingerprint density at radius 2 is 2.05 bits per heavy atom. The summed E-state index contributed by atoms with van der Waals surface area (Å²) in [6.07, 6.45) is 5.08. The van der Waals surface area contributed by atoms with Gasteiger partial charge in [0.1, 0.15) is 0 Å². The van der Waals surface area contributed by atoms with Gasteiger partial charge in [0, 0.05) is 24.3 Å². The van der Waals surface area contributed by atoms with Crippen LogP contribution in [0.4, 0.5) is 5.69 Å². The van der Waals surface area contributed by atoms with Crippen LogP contribution in [0.5, 0.6) is 0 Å². The number of anilines is 1. The summed E-state index contributed by atoms with van der Waals surface area (Å²) >= 11 is 0. The van der Waals surface area contributed by atoms with Gasteiger partial charge in [-0.05, 0) is 24.3 Å². The van der Waals surface area contributed by atoms with E-state index < -0.39 is 5.97 Å². The summed E-state index contributed by atoms with van der Waals surface area (Å²) < 4.78 is 1.58. The fourth-order valence-electron chi connectivity index (χ4n) is 2.04. The van der Waals surface area contributed by atoms with Crippen molar-refractivity contribution in [2.24, 2.45) is 0 Å². The summed E-state index contributed by atoms with van der Waals surface area (Å²) in [5.41, 5.74) is 2.39. The second-order valence-electron chi connectivity index (χ2n) is 4.23. The van der Waals surface area contributed by atoms with Crippen molar-refractivity contribution < 1.29 is 9.90 Å². The zero-order valence-corrected chi connectivity index (χ0v) is 10.5. The number of rotatable bonds is 4. The number of imidazole rings is 1. The molecule has 0 unspecified atom stereocenters. The van der Waals surface area contributed by atoms with Crippen LogP contribution in [0, 0.1) is 0 Å². The van der Waals surface area contributed by atoms with E-state index in [9.17, 15) is 4.79 Å². The third kappa shape index (κ3) is 2.18. The summed E-state index contributed by atoms with van der Waals surface area (Å²) in [4.78, 5) is 19.3. The highest BCUT2D eigenvalue weighted by atomic mass is 16.4. The molecule has 0 saturated carbocycles. The van der Waals surface area contributed by atoms with Crippen molar-refractivity contribution in [2.45, 2.75) is 6.54 Å². The summed E-state index contributed by atoms with van der Waals surface area (Å²) in [6.45, 7) is 0.449. The number of carbonyl (C=O) groups is 1. The molecule has 3 aromatic heterocycles. The molecule has 3 rings (SSSR count). The molecule has 0 atom stereocenters. The minimum absolute atomic E-state index is 0.0205. The second kappa shape index (κ2) is 5.00. The average Bonchev–Trinajstić information content (AvgIpc) is 2.85. The lowest BCUT2D eigenvalue weighted by atomic mass is 10.3. The fraction of sp³-hybridized carbons (Fsp3) is 0.0714. The Morgan fingerprint density at radius 3 is 2.80 bits per heavy atom. The van der Waals surface area contributed by atoms with Crippen molar-refractivity contribution in [1.82, 2.24) is 14.4 Å². The number of hydrogen-bond donors (Lipinski definition) is 2. The van der Waals surface area contributed by atoms with Crippen LogP contribution in [0.1, 0.15) is 16.3 Å². The van der Waals surface area contributed by atoms with Gasteiger partial charge in [0.15, 0.2) is 0 Å². The average molecular weight is 268 g/mol. The third-order valence-electron chi connectivity index (χ3n) is 2.96. The van der Waals surface area contributed by atoms with Crippen LogP contribution < -0.4 is 5.32 Å². The van der Waals surface area contributed by atoms with Crippen LogP contribution >= 0.6 is 0 Å². The molecule has 6 heteroatoms. The Kier molecular flexibility index (Phi) is 3.04. The van der Waals surface area contributed by atoms with E-state index in [2.05, 4.69) is 15.3 Å². The molecule has 2 N–H and O–H groups in total. The highest BCUT2D eigenvalue weighted by molar-refractivity contribution is 5.85. The maximum absolute atomic E-state index is 11.2. The summed E-state index contributed by atoms with van der Waals surface area (Å²) in [6, 6.07) is 9.18. The van der Waals surface area contributed by atoms with Gasteiger partial charge < -0.3 is 10.4 Å². The van der Waals surface area contributed by atoms with Crippen LogP contribution in [-0.4, -0.2) is 25.4 Å². The quantitative estimate of drug-likeness (QED) is 0.757. The van der Waals surface area contributed by atoms with Crippen LogP contribution in [0.15, 0.2) is 48.9 Å². The van der Waals surface area contributed by atoms with Gasteiger partial charge in [0.2, 0.25) is 5.82 Å². The van der Waals surface area contributed by atoms with Crippen molar-refractivity contribution in [3.8, 4) is 0 Å². The smallest absolute Gasteiger partial charge is 0.372 e. The van der Waals surface area contributed by atoms with Gasteiger partial charge in [-0.2, -0.15) is 0 Å². The topological polar surface area (TPSA) is 79.5 Å². The molecule has 6 nitrogen and oxygen atoms in total. The first-order valence-corrected chi connectivity index (χ1v) is 6.09. The van der Waals surface area contributed by atoms with Gasteiger partial charge in [-0.15, -0.1) is 0 Å². The van der Waals surface area contributed by atoms with E-state index >= 15 is 0 Å². The van der Waals surface area contributed by atoms with Gasteiger partial charge >= 0.3 is 5.97 Å². The maximum Gasteiger partial charge on any atom is 0.372 e. The molecular weight excluding hydrogens is 256 g/mol. The summed E-state index contributed by atoms with van der Waals surface area (Å²) in [5, 5.41) is 12.4. The van der Waals surface area contributed by atoms with E-state index in [4.69, 9.17) is 5.11 Å². The highest BCUT2D eigenvalue weighted by Crippen LogP contribution is 2.15.